The molecule has 4 heterocycles. The van der Waals surface area contributed by atoms with Crippen LogP contribution in [0.15, 0.2) is 71.8 Å². The van der Waals surface area contributed by atoms with Gasteiger partial charge in [-0.15, -0.1) is 0 Å². The number of piperidine rings is 1. The van der Waals surface area contributed by atoms with Crippen LogP contribution in [0.5, 0.6) is 5.88 Å². The number of nitrogens with zero attached hydrogens (tertiary/aromatic N) is 6. The van der Waals surface area contributed by atoms with E-state index < -0.39 is 27.6 Å². The van der Waals surface area contributed by atoms with E-state index in [0.717, 1.165) is 52.0 Å². The van der Waals surface area contributed by atoms with Crippen molar-refractivity contribution in [2.45, 2.75) is 49.6 Å². The number of hydrogen-bond donors (Lipinski definition) is 0. The molecule has 0 aliphatic carbocycles. The lowest BCUT2D eigenvalue weighted by Gasteiger charge is -2.43. The number of likely N-dealkylation sites (tertiary alicyclic amines) is 1. The van der Waals surface area contributed by atoms with Gasteiger partial charge in [-0.1, -0.05) is 25.1 Å². The van der Waals surface area contributed by atoms with E-state index >= 15 is 0 Å². The van der Waals surface area contributed by atoms with Crippen LogP contribution in [0.4, 0.5) is 10.5 Å². The number of sulfonamides is 1. The van der Waals surface area contributed by atoms with Crippen LogP contribution in [-0.4, -0.2) is 98.6 Å². The van der Waals surface area contributed by atoms with E-state index in [-0.39, 0.29) is 39.8 Å². The Hall–Kier alpha value is -4.51. The first-order valence-corrected chi connectivity index (χ1v) is 17.9. The molecule has 13 heteroatoms. The van der Waals surface area contributed by atoms with Crippen molar-refractivity contribution in [3.8, 4) is 11.9 Å². The highest BCUT2D eigenvalue weighted by Gasteiger charge is 2.61. The second-order valence-corrected chi connectivity index (χ2v) is 14.0. The molecule has 1 atom stereocenters. The molecule has 0 radical (unpaired) electrons. The predicted molar refractivity (Wildman–Crippen MR) is 178 cm³/mol. The highest BCUT2D eigenvalue weighted by Crippen LogP contribution is 2.51. The minimum absolute atomic E-state index is 0.00865. The van der Waals surface area contributed by atoms with Crippen molar-refractivity contribution in [1.82, 2.24) is 19.7 Å². The van der Waals surface area contributed by atoms with Gasteiger partial charge < -0.3 is 19.3 Å². The second-order valence-electron chi connectivity index (χ2n) is 12.2. The van der Waals surface area contributed by atoms with Gasteiger partial charge in [0.2, 0.25) is 5.88 Å². The van der Waals surface area contributed by atoms with E-state index in [1.807, 2.05) is 0 Å². The molecule has 2 amide bonds. The standard InChI is InChI=1S/C35H40N6O6S/c1-3-17-38-20-22-39(23-21-38)27-14-18-40(19-15-27)34(43)47-35(29-11-8-16-37-32(29)46-4-2)30-24-26(25-36)12-13-31(30)41(33(35)42)48(44,45)28-9-6-5-7-10-28/h5-13,16,24,27H,3-4,14-15,17-23H2,1-2H3. The molecule has 0 bridgehead atoms. The summed E-state index contributed by atoms with van der Waals surface area (Å²) < 4.78 is 41.1. The maximum Gasteiger partial charge on any atom is 0.411 e. The van der Waals surface area contributed by atoms with E-state index in [2.05, 4.69) is 27.8 Å². The topological polar surface area (TPSA) is 136 Å². The third kappa shape index (κ3) is 6.00. The quantitative estimate of drug-likeness (QED) is 0.329. The molecule has 12 nitrogen and oxygen atoms in total. The van der Waals surface area contributed by atoms with Gasteiger partial charge in [0, 0.05) is 57.1 Å². The van der Waals surface area contributed by atoms with Gasteiger partial charge >= 0.3 is 6.09 Å². The minimum Gasteiger partial charge on any atom is -0.478 e. The lowest BCUT2D eigenvalue weighted by Crippen LogP contribution is -2.54. The van der Waals surface area contributed by atoms with Crippen molar-refractivity contribution in [2.24, 2.45) is 0 Å². The van der Waals surface area contributed by atoms with Gasteiger partial charge in [0.25, 0.3) is 21.5 Å². The first kappa shape index (κ1) is 33.4. The first-order chi connectivity index (χ1) is 23.2. The van der Waals surface area contributed by atoms with E-state index in [1.54, 1.807) is 36.1 Å². The Morgan fingerprint density at radius 1 is 0.979 bits per heavy atom. The summed E-state index contributed by atoms with van der Waals surface area (Å²) in [7, 11) is -4.49. The maximum atomic E-state index is 14.9. The third-order valence-corrected chi connectivity index (χ3v) is 11.1. The molecule has 0 spiro atoms. The molecule has 1 aromatic heterocycles. The van der Waals surface area contributed by atoms with Crippen LogP contribution in [0.1, 0.15) is 49.8 Å². The fraction of sp³-hybridized carbons (Fsp3) is 0.429. The summed E-state index contributed by atoms with van der Waals surface area (Å²) in [5, 5.41) is 9.85. The molecule has 0 N–H and O–H groups in total. The Kier molecular flexibility index (Phi) is 9.68. The van der Waals surface area contributed by atoms with Gasteiger partial charge in [-0.05, 0) is 75.2 Å². The number of anilines is 1. The van der Waals surface area contributed by atoms with Crippen molar-refractivity contribution in [2.75, 3.05) is 56.7 Å². The average molecular weight is 673 g/mol. The monoisotopic (exact) mass is 672 g/mol. The van der Waals surface area contributed by atoms with E-state index in [9.17, 15) is 23.3 Å². The number of hydrogen-bond acceptors (Lipinski definition) is 10. The van der Waals surface area contributed by atoms with Crippen LogP contribution in [0.2, 0.25) is 0 Å². The Morgan fingerprint density at radius 3 is 2.38 bits per heavy atom. The zero-order valence-electron chi connectivity index (χ0n) is 27.2. The fourth-order valence-corrected chi connectivity index (χ4v) is 8.45. The predicted octanol–water partition coefficient (Wildman–Crippen LogP) is 3.96. The third-order valence-electron chi connectivity index (χ3n) is 9.35. The van der Waals surface area contributed by atoms with Crippen LogP contribution in [0.3, 0.4) is 0 Å². The van der Waals surface area contributed by atoms with Crippen LogP contribution in [0, 0.1) is 11.3 Å². The number of carbonyl (C=O) groups is 2. The number of ether oxygens (including phenoxy) is 2. The van der Waals surface area contributed by atoms with Crippen LogP contribution in [0.25, 0.3) is 0 Å². The molecular formula is C35H40N6O6S. The van der Waals surface area contributed by atoms with Gasteiger partial charge in [0.1, 0.15) is 0 Å². The Labute approximate surface area is 281 Å². The van der Waals surface area contributed by atoms with Gasteiger partial charge in [0.15, 0.2) is 0 Å². The number of piperazine rings is 1. The molecule has 2 saturated heterocycles. The molecule has 1 unspecified atom stereocenters. The zero-order chi connectivity index (χ0) is 33.9. The molecule has 6 rings (SSSR count). The number of fused-ring (bicyclic) bond motifs is 1. The number of nitriles is 1. The maximum absolute atomic E-state index is 14.9. The normalized spacial score (nSPS) is 20.7. The lowest BCUT2D eigenvalue weighted by atomic mass is 9.87. The number of aromatic nitrogens is 1. The molecule has 3 aromatic rings. The first-order valence-electron chi connectivity index (χ1n) is 16.5. The summed E-state index contributed by atoms with van der Waals surface area (Å²) in [6, 6.07) is 17.3. The molecule has 252 valence electrons. The summed E-state index contributed by atoms with van der Waals surface area (Å²) in [5.74, 6) is -1.02. The fourth-order valence-electron chi connectivity index (χ4n) is 6.97. The number of pyridine rings is 1. The Balaban J connectivity index is 1.37. The highest BCUT2D eigenvalue weighted by molar-refractivity contribution is 7.93. The number of rotatable bonds is 9. The SMILES string of the molecule is CCCN1CCN(C2CCN(C(=O)OC3(c4cccnc4OCC)C(=O)N(S(=O)(=O)c4ccccc4)c4ccc(C#N)cc43)CC2)CC1. The number of amides is 2. The molecule has 48 heavy (non-hydrogen) atoms. The van der Waals surface area contributed by atoms with Crippen molar-refractivity contribution in [1.29, 1.82) is 5.26 Å². The minimum atomic E-state index is -4.49. The van der Waals surface area contributed by atoms with Gasteiger partial charge in [-0.25, -0.2) is 18.2 Å². The summed E-state index contributed by atoms with van der Waals surface area (Å²) in [6.45, 7) is 10.1. The van der Waals surface area contributed by atoms with E-state index in [1.165, 1.54) is 42.6 Å². The zero-order valence-corrected chi connectivity index (χ0v) is 28.1. The molecule has 3 aliphatic heterocycles. The van der Waals surface area contributed by atoms with Crippen molar-refractivity contribution in [3.63, 3.8) is 0 Å². The molecular weight excluding hydrogens is 632 g/mol. The molecule has 2 fully saturated rings. The highest BCUT2D eigenvalue weighted by atomic mass is 32.2. The van der Waals surface area contributed by atoms with Crippen LogP contribution >= 0.6 is 0 Å². The van der Waals surface area contributed by atoms with Crippen molar-refractivity contribution < 1.29 is 27.5 Å². The summed E-state index contributed by atoms with van der Waals surface area (Å²) in [4.78, 5) is 39.8. The summed E-state index contributed by atoms with van der Waals surface area (Å²) >= 11 is 0. The largest absolute Gasteiger partial charge is 0.478 e. The van der Waals surface area contributed by atoms with Gasteiger partial charge in [0.05, 0.1) is 34.4 Å². The van der Waals surface area contributed by atoms with Gasteiger partial charge in [-0.3, -0.25) is 9.69 Å². The molecule has 0 saturated carbocycles. The van der Waals surface area contributed by atoms with Crippen molar-refractivity contribution >= 4 is 27.7 Å². The Morgan fingerprint density at radius 2 is 1.71 bits per heavy atom. The smallest absolute Gasteiger partial charge is 0.411 e. The van der Waals surface area contributed by atoms with Crippen LogP contribution in [-0.2, 0) is 25.2 Å². The van der Waals surface area contributed by atoms with Gasteiger partial charge in [-0.2, -0.15) is 9.57 Å². The molecule has 2 aromatic carbocycles. The van der Waals surface area contributed by atoms with Crippen LogP contribution < -0.4 is 9.04 Å². The second kappa shape index (κ2) is 13.9. The summed E-state index contributed by atoms with van der Waals surface area (Å²) in [5.41, 5.74) is -2.09. The number of benzene rings is 2. The molecule has 3 aliphatic rings. The van der Waals surface area contributed by atoms with E-state index in [4.69, 9.17) is 9.47 Å². The average Bonchev–Trinajstić information content (AvgIpc) is 3.37. The van der Waals surface area contributed by atoms with E-state index in [0.29, 0.717) is 23.4 Å². The summed E-state index contributed by atoms with van der Waals surface area (Å²) in [6.07, 6.45) is 3.32. The number of carbonyl (C=O) groups excluding carboxylic acids is 2. The lowest BCUT2D eigenvalue weighted by molar-refractivity contribution is -0.132. The van der Waals surface area contributed by atoms with Crippen molar-refractivity contribution in [3.05, 3.63) is 83.6 Å². The Bertz CT molecular complexity index is 1800.